The second-order valence-electron chi connectivity index (χ2n) is 6.49. The van der Waals surface area contributed by atoms with E-state index in [2.05, 4.69) is 26.3 Å². The minimum atomic E-state index is -3.92. The highest BCUT2D eigenvalue weighted by atomic mass is 32.2. The van der Waals surface area contributed by atoms with E-state index in [1.54, 1.807) is 24.3 Å². The van der Waals surface area contributed by atoms with E-state index in [4.69, 9.17) is 9.47 Å². The molecule has 2 aromatic carbocycles. The summed E-state index contributed by atoms with van der Waals surface area (Å²) in [5.74, 6) is 0.292. The van der Waals surface area contributed by atoms with Crippen molar-refractivity contribution in [2.24, 2.45) is 4.99 Å². The summed E-state index contributed by atoms with van der Waals surface area (Å²) >= 11 is 0. The van der Waals surface area contributed by atoms with Gasteiger partial charge >= 0.3 is 6.01 Å². The van der Waals surface area contributed by atoms with E-state index in [0.717, 1.165) is 5.56 Å². The van der Waals surface area contributed by atoms with Gasteiger partial charge in [-0.2, -0.15) is 9.97 Å². The number of phenols is 1. The Morgan fingerprint density at radius 1 is 1.12 bits per heavy atom. The maximum absolute atomic E-state index is 12.7. The molecule has 0 radical (unpaired) electrons. The minimum absolute atomic E-state index is 0.00526. The van der Waals surface area contributed by atoms with Gasteiger partial charge in [0.2, 0.25) is 5.88 Å². The molecular formula is C22H22N4O5S. The number of anilines is 1. The molecule has 1 aromatic heterocycles. The molecule has 10 heteroatoms. The van der Waals surface area contributed by atoms with Crippen LogP contribution in [0.15, 0.2) is 71.1 Å². The van der Waals surface area contributed by atoms with E-state index in [1.165, 1.54) is 38.6 Å². The molecule has 0 spiro atoms. The van der Waals surface area contributed by atoms with Gasteiger partial charge in [0.05, 0.1) is 24.8 Å². The van der Waals surface area contributed by atoms with Gasteiger partial charge in [0.1, 0.15) is 5.75 Å². The molecule has 0 saturated carbocycles. The Bertz CT molecular complexity index is 1220. The number of ether oxygens (including phenoxy) is 2. The molecule has 0 fully saturated rings. The van der Waals surface area contributed by atoms with Crippen molar-refractivity contribution in [2.75, 3.05) is 18.9 Å². The maximum Gasteiger partial charge on any atom is 0.321 e. The van der Waals surface area contributed by atoms with Gasteiger partial charge in [0.25, 0.3) is 10.0 Å². The number of para-hydroxylation sites is 1. The lowest BCUT2D eigenvalue weighted by Crippen LogP contribution is -2.14. The average molecular weight is 455 g/mol. The number of rotatable bonds is 9. The summed E-state index contributed by atoms with van der Waals surface area (Å²) in [4.78, 5) is 12.2. The highest BCUT2D eigenvalue weighted by Gasteiger charge is 2.17. The van der Waals surface area contributed by atoms with Crippen LogP contribution in [0.4, 0.5) is 11.5 Å². The molecular weight excluding hydrogens is 432 g/mol. The first-order chi connectivity index (χ1) is 15.4. The number of benzene rings is 2. The van der Waals surface area contributed by atoms with Crippen LogP contribution in [0.1, 0.15) is 11.1 Å². The van der Waals surface area contributed by atoms with E-state index < -0.39 is 10.0 Å². The van der Waals surface area contributed by atoms with Gasteiger partial charge in [-0.15, -0.1) is 6.58 Å². The predicted molar refractivity (Wildman–Crippen MR) is 122 cm³/mol. The van der Waals surface area contributed by atoms with Gasteiger partial charge in [-0.3, -0.25) is 9.71 Å². The van der Waals surface area contributed by atoms with Crippen molar-refractivity contribution >= 4 is 27.7 Å². The number of sulfonamides is 1. The summed E-state index contributed by atoms with van der Waals surface area (Å²) in [5.41, 5.74) is 1.81. The molecule has 9 nitrogen and oxygen atoms in total. The normalized spacial score (nSPS) is 11.3. The molecule has 0 bridgehead atoms. The molecule has 0 unspecified atom stereocenters. The number of aromatic nitrogens is 2. The third-order valence-electron chi connectivity index (χ3n) is 4.33. The summed E-state index contributed by atoms with van der Waals surface area (Å²) in [6, 6.07) is 12.6. The van der Waals surface area contributed by atoms with Crippen molar-refractivity contribution in [3.8, 4) is 17.6 Å². The maximum atomic E-state index is 12.7. The van der Waals surface area contributed by atoms with Gasteiger partial charge in [0.15, 0.2) is 5.82 Å². The fourth-order valence-electron chi connectivity index (χ4n) is 2.74. The number of allylic oxidation sites excluding steroid dienone is 1. The van der Waals surface area contributed by atoms with Crippen molar-refractivity contribution in [3.05, 3.63) is 72.3 Å². The number of hydrogen-bond acceptors (Lipinski definition) is 8. The highest BCUT2D eigenvalue weighted by molar-refractivity contribution is 7.92. The lowest BCUT2D eigenvalue weighted by Gasteiger charge is -2.09. The molecule has 2 N–H and O–H groups in total. The predicted octanol–water partition coefficient (Wildman–Crippen LogP) is 3.48. The van der Waals surface area contributed by atoms with Crippen LogP contribution in [0, 0.1) is 0 Å². The van der Waals surface area contributed by atoms with Gasteiger partial charge in [-0.05, 0) is 42.3 Å². The molecule has 0 amide bonds. The van der Waals surface area contributed by atoms with Crippen LogP contribution in [-0.4, -0.2) is 43.9 Å². The largest absolute Gasteiger partial charge is 0.507 e. The van der Waals surface area contributed by atoms with Crippen molar-refractivity contribution in [3.63, 3.8) is 0 Å². The third kappa shape index (κ3) is 5.41. The van der Waals surface area contributed by atoms with E-state index >= 15 is 0 Å². The Morgan fingerprint density at radius 3 is 2.53 bits per heavy atom. The molecule has 0 aliphatic carbocycles. The Balaban J connectivity index is 1.79. The number of nitrogens with zero attached hydrogens (tertiary/aromatic N) is 3. The van der Waals surface area contributed by atoms with Crippen LogP contribution >= 0.6 is 0 Å². The molecule has 0 aliphatic rings. The molecule has 0 aliphatic heterocycles. The van der Waals surface area contributed by atoms with Crippen molar-refractivity contribution < 1.29 is 23.0 Å². The van der Waals surface area contributed by atoms with Crippen molar-refractivity contribution in [1.29, 1.82) is 0 Å². The van der Waals surface area contributed by atoms with Crippen LogP contribution in [0.5, 0.6) is 17.6 Å². The van der Waals surface area contributed by atoms with Gasteiger partial charge in [0, 0.05) is 17.8 Å². The number of hydrogen-bond donors (Lipinski definition) is 2. The first-order valence-electron chi connectivity index (χ1n) is 9.42. The van der Waals surface area contributed by atoms with Crippen LogP contribution in [0.25, 0.3) is 0 Å². The first-order valence-corrected chi connectivity index (χ1v) is 10.9. The smallest absolute Gasteiger partial charge is 0.321 e. The van der Waals surface area contributed by atoms with Crippen molar-refractivity contribution in [2.45, 2.75) is 11.3 Å². The number of phenolic OH excluding ortho intramolecular Hbond substituents is 1. The quantitative estimate of drug-likeness (QED) is 0.375. The van der Waals surface area contributed by atoms with E-state index in [9.17, 15) is 13.5 Å². The van der Waals surface area contributed by atoms with Crippen LogP contribution < -0.4 is 14.2 Å². The number of methoxy groups -OCH3 is 2. The zero-order valence-corrected chi connectivity index (χ0v) is 18.3. The Morgan fingerprint density at radius 2 is 1.88 bits per heavy atom. The second kappa shape index (κ2) is 9.92. The molecule has 166 valence electrons. The molecule has 0 saturated heterocycles. The van der Waals surface area contributed by atoms with Crippen LogP contribution in [0.3, 0.4) is 0 Å². The highest BCUT2D eigenvalue weighted by Crippen LogP contribution is 2.24. The molecule has 32 heavy (non-hydrogen) atoms. The first kappa shape index (κ1) is 22.8. The van der Waals surface area contributed by atoms with E-state index in [1.807, 2.05) is 12.1 Å². The summed E-state index contributed by atoms with van der Waals surface area (Å²) in [7, 11) is -1.16. The molecule has 1 heterocycles. The topological polar surface area (TPSA) is 123 Å². The molecule has 3 rings (SSSR count). The fourth-order valence-corrected chi connectivity index (χ4v) is 3.73. The number of nitrogens with one attached hydrogen (secondary N) is 1. The summed E-state index contributed by atoms with van der Waals surface area (Å²) in [6.07, 6.45) is 3.76. The zero-order chi connectivity index (χ0) is 23.1. The number of aromatic hydroxyl groups is 1. The minimum Gasteiger partial charge on any atom is -0.507 e. The molecule has 3 aromatic rings. The SMILES string of the molecule is C=CCc1cccc(C=Nc2ccc(S(=O)(=O)Nc3cc(OC)nc(OC)n3)cc2)c1O. The second-order valence-corrected chi connectivity index (χ2v) is 8.17. The van der Waals surface area contributed by atoms with E-state index in [-0.39, 0.29) is 28.4 Å². The summed E-state index contributed by atoms with van der Waals surface area (Å²) < 4.78 is 37.7. The van der Waals surface area contributed by atoms with Crippen LogP contribution in [-0.2, 0) is 16.4 Å². The number of aliphatic imine (C=N–C) groups is 1. The average Bonchev–Trinajstić information content (AvgIpc) is 2.79. The Labute approximate surface area is 186 Å². The monoisotopic (exact) mass is 454 g/mol. The van der Waals surface area contributed by atoms with Gasteiger partial charge in [-0.25, -0.2) is 8.42 Å². The Kier molecular flexibility index (Phi) is 7.06. The van der Waals surface area contributed by atoms with Crippen molar-refractivity contribution in [1.82, 2.24) is 9.97 Å². The van der Waals surface area contributed by atoms with Gasteiger partial charge < -0.3 is 14.6 Å². The summed E-state index contributed by atoms with van der Waals surface area (Å²) in [5, 5.41) is 10.3. The van der Waals surface area contributed by atoms with Gasteiger partial charge in [-0.1, -0.05) is 18.2 Å². The van der Waals surface area contributed by atoms with E-state index in [0.29, 0.717) is 17.7 Å². The lowest BCUT2D eigenvalue weighted by atomic mass is 10.1. The fraction of sp³-hybridized carbons (Fsp3) is 0.136. The lowest BCUT2D eigenvalue weighted by molar-refractivity contribution is 0.353. The Hall–Kier alpha value is -3.92. The molecule has 0 atom stereocenters. The summed E-state index contributed by atoms with van der Waals surface area (Å²) in [6.45, 7) is 3.67. The third-order valence-corrected chi connectivity index (χ3v) is 5.70. The zero-order valence-electron chi connectivity index (χ0n) is 17.5. The standard InChI is InChI=1S/C22H22N4O5S/c1-4-6-15-7-5-8-16(21(15)27)14-23-17-9-11-18(12-10-17)32(28,29)26-19-13-20(30-2)25-22(24-19)31-3/h4-5,7-14,27H,1,6H2,2-3H3,(H,24,25,26). The van der Waals surface area contributed by atoms with Crippen LogP contribution in [0.2, 0.25) is 0 Å².